The summed E-state index contributed by atoms with van der Waals surface area (Å²) in [6.45, 7) is 0. The Morgan fingerprint density at radius 3 is 2.81 bits per heavy atom. The summed E-state index contributed by atoms with van der Waals surface area (Å²) in [5.74, 6) is 0. The molecule has 0 aliphatic rings. The molecule has 4 nitrogen and oxygen atoms in total. The molecule has 0 saturated heterocycles. The highest BCUT2D eigenvalue weighted by Gasteiger charge is 2.05. The highest BCUT2D eigenvalue weighted by Crippen LogP contribution is 2.19. The minimum atomic E-state index is 0.697. The van der Waals surface area contributed by atoms with E-state index in [-0.39, 0.29) is 0 Å². The molecule has 0 spiro atoms. The summed E-state index contributed by atoms with van der Waals surface area (Å²) in [6, 6.07) is 3.72. The summed E-state index contributed by atoms with van der Waals surface area (Å²) < 4.78 is 3.66. The minimum absolute atomic E-state index is 0.697. The van der Waals surface area contributed by atoms with Gasteiger partial charge in [-0.1, -0.05) is 11.6 Å². The van der Waals surface area contributed by atoms with Crippen LogP contribution in [0, 0.1) is 0 Å². The van der Waals surface area contributed by atoms with Crippen LogP contribution < -0.4 is 0 Å². The fourth-order valence-corrected chi connectivity index (χ4v) is 1.83. The van der Waals surface area contributed by atoms with Gasteiger partial charge < -0.3 is 4.40 Å². The number of aromatic nitrogens is 4. The van der Waals surface area contributed by atoms with Crippen molar-refractivity contribution in [1.82, 2.24) is 19.2 Å². The van der Waals surface area contributed by atoms with Gasteiger partial charge in [-0.3, -0.25) is 4.68 Å². The van der Waals surface area contributed by atoms with Gasteiger partial charge >= 0.3 is 0 Å². The number of hydrogen-bond acceptors (Lipinski definition) is 2. The van der Waals surface area contributed by atoms with E-state index in [0.29, 0.717) is 5.02 Å². The Hall–Kier alpha value is -1.81. The van der Waals surface area contributed by atoms with Crippen LogP contribution in [0.3, 0.4) is 0 Å². The number of fused-ring (bicyclic) bond motifs is 1. The quantitative estimate of drug-likeness (QED) is 0.646. The van der Waals surface area contributed by atoms with Gasteiger partial charge in [0.25, 0.3) is 0 Å². The van der Waals surface area contributed by atoms with Crippen LogP contribution in [0.15, 0.2) is 36.9 Å². The second-order valence-corrected chi connectivity index (χ2v) is 4.08. The second-order valence-electron chi connectivity index (χ2n) is 3.64. The largest absolute Gasteiger partial charge is 0.305 e. The Balaban J connectivity index is 2.18. The SMILES string of the molecule is Cn1cc(-c2cn3cc(Cl)ccc3n2)cn1. The Bertz CT molecular complexity index is 653. The standard InChI is InChI=1S/C11H9ClN4/c1-15-5-8(4-13-15)10-7-16-6-9(12)2-3-11(16)14-10/h2-7H,1H3. The van der Waals surface area contributed by atoms with E-state index in [2.05, 4.69) is 10.1 Å². The van der Waals surface area contributed by atoms with Crippen LogP contribution in [0.4, 0.5) is 0 Å². The maximum absolute atomic E-state index is 5.91. The lowest BCUT2D eigenvalue weighted by molar-refractivity contribution is 0.768. The molecule has 0 fully saturated rings. The van der Waals surface area contributed by atoms with E-state index in [1.807, 2.05) is 42.2 Å². The van der Waals surface area contributed by atoms with E-state index >= 15 is 0 Å². The smallest absolute Gasteiger partial charge is 0.137 e. The number of aryl methyl sites for hydroxylation is 1. The van der Waals surface area contributed by atoms with Crippen molar-refractivity contribution in [2.45, 2.75) is 0 Å². The van der Waals surface area contributed by atoms with Gasteiger partial charge in [0.2, 0.25) is 0 Å². The molecule has 0 radical (unpaired) electrons. The monoisotopic (exact) mass is 232 g/mol. The van der Waals surface area contributed by atoms with Crippen LogP contribution in [0.2, 0.25) is 5.02 Å². The molecule has 0 aliphatic heterocycles. The number of imidazole rings is 1. The van der Waals surface area contributed by atoms with Crippen LogP contribution in [-0.2, 0) is 7.05 Å². The zero-order chi connectivity index (χ0) is 11.1. The Morgan fingerprint density at radius 2 is 2.06 bits per heavy atom. The lowest BCUT2D eigenvalue weighted by atomic mass is 10.3. The predicted octanol–water partition coefficient (Wildman–Crippen LogP) is 2.39. The number of halogens is 1. The van der Waals surface area contributed by atoms with Crippen molar-refractivity contribution in [3.63, 3.8) is 0 Å². The lowest BCUT2D eigenvalue weighted by Gasteiger charge is -1.91. The van der Waals surface area contributed by atoms with Gasteiger partial charge in [0, 0.05) is 31.2 Å². The molecule has 16 heavy (non-hydrogen) atoms. The number of rotatable bonds is 1. The Labute approximate surface area is 97.1 Å². The molecule has 0 aliphatic carbocycles. The third-order valence-corrected chi connectivity index (χ3v) is 2.64. The first-order valence-corrected chi connectivity index (χ1v) is 5.23. The molecule has 3 heterocycles. The summed E-state index contributed by atoms with van der Waals surface area (Å²) in [4.78, 5) is 4.49. The highest BCUT2D eigenvalue weighted by molar-refractivity contribution is 6.30. The van der Waals surface area contributed by atoms with Gasteiger partial charge in [-0.25, -0.2) is 4.98 Å². The Kier molecular flexibility index (Phi) is 1.97. The van der Waals surface area contributed by atoms with Gasteiger partial charge in [-0.05, 0) is 12.1 Å². The van der Waals surface area contributed by atoms with Crippen molar-refractivity contribution < 1.29 is 0 Å². The number of nitrogens with zero attached hydrogens (tertiary/aromatic N) is 4. The molecule has 5 heteroatoms. The molecule has 0 N–H and O–H groups in total. The van der Waals surface area contributed by atoms with Crippen LogP contribution >= 0.6 is 11.6 Å². The van der Waals surface area contributed by atoms with E-state index < -0.39 is 0 Å². The predicted molar refractivity (Wildman–Crippen MR) is 62.4 cm³/mol. The van der Waals surface area contributed by atoms with Crippen LogP contribution in [0.1, 0.15) is 0 Å². The number of pyridine rings is 1. The van der Waals surface area contributed by atoms with Crippen molar-refractivity contribution >= 4 is 17.2 Å². The topological polar surface area (TPSA) is 35.1 Å². The molecule has 3 aromatic heterocycles. The van der Waals surface area contributed by atoms with E-state index in [9.17, 15) is 0 Å². The summed E-state index contributed by atoms with van der Waals surface area (Å²) in [5.41, 5.74) is 2.78. The summed E-state index contributed by atoms with van der Waals surface area (Å²) >= 11 is 5.91. The number of hydrogen-bond donors (Lipinski definition) is 0. The van der Waals surface area contributed by atoms with E-state index in [4.69, 9.17) is 11.6 Å². The first-order chi connectivity index (χ1) is 7.72. The minimum Gasteiger partial charge on any atom is -0.305 e. The fraction of sp³-hybridized carbons (Fsp3) is 0.0909. The molecule has 0 bridgehead atoms. The van der Waals surface area contributed by atoms with E-state index in [1.165, 1.54) is 0 Å². The molecule has 0 saturated carbocycles. The van der Waals surface area contributed by atoms with E-state index in [1.54, 1.807) is 10.9 Å². The van der Waals surface area contributed by atoms with Crippen molar-refractivity contribution in [2.24, 2.45) is 7.05 Å². The molecule has 3 rings (SSSR count). The van der Waals surface area contributed by atoms with Gasteiger partial charge in [-0.2, -0.15) is 5.10 Å². The highest BCUT2D eigenvalue weighted by atomic mass is 35.5. The Morgan fingerprint density at radius 1 is 1.19 bits per heavy atom. The molecule has 0 aromatic carbocycles. The van der Waals surface area contributed by atoms with Crippen molar-refractivity contribution in [1.29, 1.82) is 0 Å². The molecular formula is C11H9ClN4. The molecule has 0 unspecified atom stereocenters. The first kappa shape index (κ1) is 9.42. The normalized spacial score (nSPS) is 11.1. The molecule has 0 amide bonds. The zero-order valence-corrected chi connectivity index (χ0v) is 9.39. The first-order valence-electron chi connectivity index (χ1n) is 4.86. The van der Waals surface area contributed by atoms with Crippen LogP contribution in [0.25, 0.3) is 16.9 Å². The summed E-state index contributed by atoms with van der Waals surface area (Å²) in [6.07, 6.45) is 7.51. The lowest BCUT2D eigenvalue weighted by Crippen LogP contribution is -1.84. The van der Waals surface area contributed by atoms with Crippen LogP contribution in [-0.4, -0.2) is 19.2 Å². The van der Waals surface area contributed by atoms with Crippen molar-refractivity contribution in [3.8, 4) is 11.3 Å². The van der Waals surface area contributed by atoms with Crippen LogP contribution in [0.5, 0.6) is 0 Å². The summed E-state index contributed by atoms with van der Waals surface area (Å²) in [7, 11) is 1.89. The maximum atomic E-state index is 5.91. The third-order valence-electron chi connectivity index (χ3n) is 2.42. The average molecular weight is 233 g/mol. The van der Waals surface area contributed by atoms with Gasteiger partial charge in [0.05, 0.1) is 16.9 Å². The van der Waals surface area contributed by atoms with Crippen molar-refractivity contribution in [2.75, 3.05) is 0 Å². The van der Waals surface area contributed by atoms with Crippen molar-refractivity contribution in [3.05, 3.63) is 41.9 Å². The second kappa shape index (κ2) is 3.35. The average Bonchev–Trinajstić information content (AvgIpc) is 2.83. The zero-order valence-electron chi connectivity index (χ0n) is 8.63. The van der Waals surface area contributed by atoms with Gasteiger partial charge in [0.1, 0.15) is 5.65 Å². The third kappa shape index (κ3) is 1.47. The van der Waals surface area contributed by atoms with Gasteiger partial charge in [-0.15, -0.1) is 0 Å². The van der Waals surface area contributed by atoms with Gasteiger partial charge in [0.15, 0.2) is 0 Å². The molecule has 80 valence electrons. The van der Waals surface area contributed by atoms with E-state index in [0.717, 1.165) is 16.9 Å². The molecular weight excluding hydrogens is 224 g/mol. The molecule has 0 atom stereocenters. The molecule has 3 aromatic rings. The fourth-order valence-electron chi connectivity index (χ4n) is 1.66. The maximum Gasteiger partial charge on any atom is 0.137 e. The summed E-state index contributed by atoms with van der Waals surface area (Å²) in [5, 5.41) is 4.82.